The number of hydrogen-bond acceptors (Lipinski definition) is 6. The highest BCUT2D eigenvalue weighted by Crippen LogP contribution is 2.26. The van der Waals surface area contributed by atoms with Crippen molar-refractivity contribution in [1.29, 1.82) is 0 Å². The maximum Gasteiger partial charge on any atom is 0.287 e. The van der Waals surface area contributed by atoms with E-state index in [0.29, 0.717) is 4.90 Å². The summed E-state index contributed by atoms with van der Waals surface area (Å²) in [5.41, 5.74) is 0.930. The number of halogens is 2. The smallest absolute Gasteiger partial charge is 0.287 e. The van der Waals surface area contributed by atoms with E-state index in [9.17, 15) is 18.4 Å². The Morgan fingerprint density at radius 1 is 1.29 bits per heavy atom. The molecule has 0 aliphatic rings. The molecule has 1 heterocycles. The number of carbonyl (C=O) groups excluding carboxylic acids is 1. The lowest BCUT2D eigenvalue weighted by Gasteiger charge is -2.16. The highest BCUT2D eigenvalue weighted by molar-refractivity contribution is 7.98. The second kappa shape index (κ2) is 9.90. The van der Waals surface area contributed by atoms with Crippen LogP contribution in [0.15, 0.2) is 46.8 Å². The molecule has 2 N–H and O–H groups in total. The van der Waals surface area contributed by atoms with Crippen LogP contribution in [0.2, 0.25) is 0 Å². The van der Waals surface area contributed by atoms with Gasteiger partial charge in [0.2, 0.25) is 0 Å². The molecule has 2 aromatic rings. The molecule has 7 nitrogen and oxygen atoms in total. The summed E-state index contributed by atoms with van der Waals surface area (Å²) in [7, 11) is 1.26. The van der Waals surface area contributed by atoms with Gasteiger partial charge in [0.15, 0.2) is 5.82 Å². The zero-order valence-corrected chi connectivity index (χ0v) is 16.1. The Hall–Kier alpha value is -2.85. The lowest BCUT2D eigenvalue weighted by molar-refractivity contribution is 0.0144. The average Bonchev–Trinajstić information content (AvgIpc) is 2.68. The average molecular weight is 411 g/mol. The van der Waals surface area contributed by atoms with Gasteiger partial charge in [-0.25, -0.2) is 14.3 Å². The van der Waals surface area contributed by atoms with Gasteiger partial charge in [0.25, 0.3) is 11.5 Å². The Balaban J connectivity index is 2.32. The van der Waals surface area contributed by atoms with Crippen molar-refractivity contribution >= 4 is 29.2 Å². The number of pyridine rings is 1. The number of anilines is 2. The molecule has 0 bridgehead atoms. The standard InChI is InChI=1S/C18H19F2N3O4S/c1-4-26-7-8-27-22-17(24)12-10-14(20)18(25)23(2)16(12)21-15-6-5-11(28-3)9-13(15)19/h4-6,9-10,21H,1,7-8H2,2-3H3,(H,22,24). The van der Waals surface area contributed by atoms with E-state index in [4.69, 9.17) is 9.57 Å². The predicted octanol–water partition coefficient (Wildman–Crippen LogP) is 2.95. The summed E-state index contributed by atoms with van der Waals surface area (Å²) < 4.78 is 33.9. The Labute approximate surface area is 164 Å². The van der Waals surface area contributed by atoms with Gasteiger partial charge in [-0.15, -0.1) is 11.8 Å². The van der Waals surface area contributed by atoms with Crippen LogP contribution in [-0.2, 0) is 16.6 Å². The van der Waals surface area contributed by atoms with Crippen molar-refractivity contribution in [3.63, 3.8) is 0 Å². The minimum absolute atomic E-state index is 0.0134. The highest BCUT2D eigenvalue weighted by Gasteiger charge is 2.20. The van der Waals surface area contributed by atoms with Crippen LogP contribution >= 0.6 is 11.8 Å². The van der Waals surface area contributed by atoms with E-state index in [1.807, 2.05) is 0 Å². The fourth-order valence-electron chi connectivity index (χ4n) is 2.22. The third-order valence-corrected chi connectivity index (χ3v) is 4.36. The van der Waals surface area contributed by atoms with Crippen LogP contribution in [0.1, 0.15) is 10.4 Å². The number of carbonyl (C=O) groups is 1. The topological polar surface area (TPSA) is 81.6 Å². The van der Waals surface area contributed by atoms with Crippen molar-refractivity contribution < 1.29 is 23.1 Å². The summed E-state index contributed by atoms with van der Waals surface area (Å²) in [6.07, 6.45) is 3.01. The fourth-order valence-corrected chi connectivity index (χ4v) is 2.65. The molecule has 0 radical (unpaired) electrons. The molecule has 1 aromatic carbocycles. The van der Waals surface area contributed by atoms with E-state index >= 15 is 0 Å². The van der Waals surface area contributed by atoms with Crippen molar-refractivity contribution in [1.82, 2.24) is 10.0 Å². The second-order valence-electron chi connectivity index (χ2n) is 5.41. The third-order valence-electron chi connectivity index (χ3n) is 3.63. The molecular weight excluding hydrogens is 392 g/mol. The van der Waals surface area contributed by atoms with Crippen molar-refractivity contribution in [3.8, 4) is 0 Å². The molecule has 0 fully saturated rings. The Bertz CT molecular complexity index is 934. The van der Waals surface area contributed by atoms with Crippen LogP contribution in [-0.4, -0.2) is 29.9 Å². The van der Waals surface area contributed by atoms with E-state index < -0.39 is 23.1 Å². The third kappa shape index (κ3) is 5.11. The zero-order chi connectivity index (χ0) is 20.7. The van der Waals surface area contributed by atoms with E-state index in [2.05, 4.69) is 17.4 Å². The number of nitrogens with zero attached hydrogens (tertiary/aromatic N) is 1. The van der Waals surface area contributed by atoms with Crippen molar-refractivity contribution in [2.45, 2.75) is 4.90 Å². The molecule has 150 valence electrons. The summed E-state index contributed by atoms with van der Waals surface area (Å²) in [5.74, 6) is -2.64. The van der Waals surface area contributed by atoms with Crippen LogP contribution < -0.4 is 16.4 Å². The van der Waals surface area contributed by atoms with E-state index in [-0.39, 0.29) is 30.3 Å². The first-order valence-electron chi connectivity index (χ1n) is 8.03. The largest absolute Gasteiger partial charge is 0.499 e. The van der Waals surface area contributed by atoms with Gasteiger partial charge >= 0.3 is 0 Å². The van der Waals surface area contributed by atoms with Gasteiger partial charge in [-0.2, -0.15) is 0 Å². The van der Waals surface area contributed by atoms with Gasteiger partial charge in [0, 0.05) is 11.9 Å². The number of aromatic nitrogens is 1. The molecule has 0 unspecified atom stereocenters. The molecule has 0 atom stereocenters. The summed E-state index contributed by atoms with van der Waals surface area (Å²) in [4.78, 5) is 29.9. The first kappa shape index (κ1) is 21.5. The maximum absolute atomic E-state index is 14.3. The molecule has 0 saturated carbocycles. The van der Waals surface area contributed by atoms with Gasteiger partial charge in [-0.1, -0.05) is 6.58 Å². The SMILES string of the molecule is C=COCCONC(=O)c1cc(F)c(=O)n(C)c1Nc1ccc(SC)cc1F. The summed E-state index contributed by atoms with van der Waals surface area (Å²) in [6.45, 7) is 3.51. The van der Waals surface area contributed by atoms with Gasteiger partial charge in [-0.05, 0) is 30.5 Å². The van der Waals surface area contributed by atoms with Crippen LogP contribution in [0.3, 0.4) is 0 Å². The van der Waals surface area contributed by atoms with Crippen molar-refractivity contribution in [2.75, 3.05) is 24.8 Å². The summed E-state index contributed by atoms with van der Waals surface area (Å²) >= 11 is 1.36. The zero-order valence-electron chi connectivity index (χ0n) is 15.3. The molecule has 0 saturated heterocycles. The Kier molecular flexibility index (Phi) is 7.59. The number of thioether (sulfide) groups is 1. The molecule has 0 spiro atoms. The van der Waals surface area contributed by atoms with Crippen molar-refractivity contribution in [3.05, 3.63) is 64.7 Å². The molecule has 10 heteroatoms. The predicted molar refractivity (Wildman–Crippen MR) is 103 cm³/mol. The normalized spacial score (nSPS) is 10.4. The highest BCUT2D eigenvalue weighted by atomic mass is 32.2. The Morgan fingerprint density at radius 2 is 2.04 bits per heavy atom. The maximum atomic E-state index is 14.3. The van der Waals surface area contributed by atoms with Crippen LogP contribution in [0.25, 0.3) is 0 Å². The van der Waals surface area contributed by atoms with Crippen molar-refractivity contribution in [2.24, 2.45) is 7.05 Å². The number of ether oxygens (including phenoxy) is 1. The summed E-state index contributed by atoms with van der Waals surface area (Å²) in [6, 6.07) is 5.19. The first-order valence-corrected chi connectivity index (χ1v) is 9.26. The molecular formula is C18H19F2N3O4S. The lowest BCUT2D eigenvalue weighted by atomic mass is 10.2. The van der Waals surface area contributed by atoms with Crippen LogP contribution in [0.4, 0.5) is 20.3 Å². The minimum atomic E-state index is -1.13. The second-order valence-corrected chi connectivity index (χ2v) is 6.29. The van der Waals surface area contributed by atoms with Crippen LogP contribution in [0.5, 0.6) is 0 Å². The van der Waals surface area contributed by atoms with E-state index in [1.54, 1.807) is 12.3 Å². The fraction of sp³-hybridized carbons (Fsp3) is 0.222. The van der Waals surface area contributed by atoms with E-state index in [1.165, 1.54) is 37.2 Å². The Morgan fingerprint density at radius 3 is 2.68 bits per heavy atom. The molecule has 2 rings (SSSR count). The molecule has 0 aliphatic heterocycles. The minimum Gasteiger partial charge on any atom is -0.499 e. The van der Waals surface area contributed by atoms with Gasteiger partial charge in [0.1, 0.15) is 24.8 Å². The first-order chi connectivity index (χ1) is 13.4. The van der Waals surface area contributed by atoms with E-state index in [0.717, 1.165) is 10.6 Å². The molecule has 1 aromatic heterocycles. The number of hydroxylamine groups is 1. The van der Waals surface area contributed by atoms with Gasteiger partial charge in [0.05, 0.1) is 17.5 Å². The number of hydrogen-bond donors (Lipinski definition) is 2. The molecule has 1 amide bonds. The number of nitrogens with one attached hydrogen (secondary N) is 2. The van der Waals surface area contributed by atoms with Crippen LogP contribution in [0, 0.1) is 11.6 Å². The quantitative estimate of drug-likeness (QED) is 0.286. The lowest BCUT2D eigenvalue weighted by Crippen LogP contribution is -2.31. The van der Waals surface area contributed by atoms with Gasteiger partial charge < -0.3 is 10.1 Å². The van der Waals surface area contributed by atoms with Gasteiger partial charge in [-0.3, -0.25) is 19.0 Å². The number of benzene rings is 1. The summed E-state index contributed by atoms with van der Waals surface area (Å²) in [5, 5.41) is 2.68. The monoisotopic (exact) mass is 411 g/mol. The number of amides is 1. The number of rotatable bonds is 9. The molecule has 0 aliphatic carbocycles. The molecule has 28 heavy (non-hydrogen) atoms.